The van der Waals surface area contributed by atoms with Crippen molar-refractivity contribution in [1.29, 1.82) is 0 Å². The number of nitrogens with one attached hydrogen (secondary N) is 2. The molecule has 2 aromatic carbocycles. The van der Waals surface area contributed by atoms with E-state index in [2.05, 4.69) is 78.8 Å². The number of carbonyl (C=O) groups excluding carboxylic acids is 1. The first kappa shape index (κ1) is 24.7. The maximum absolute atomic E-state index is 13.7. The van der Waals surface area contributed by atoms with Crippen molar-refractivity contribution in [3.63, 3.8) is 0 Å². The molecule has 0 spiro atoms. The minimum atomic E-state index is -0.473. The average molecular weight is 450 g/mol. The van der Waals surface area contributed by atoms with E-state index >= 15 is 0 Å². The molecular weight excluding hydrogens is 417 g/mol. The molecule has 1 amide bonds. The standard InChI is InChI=1S/C24H31N3O.2ClH/c1-17-12-18(2)14-22(13-17)19(3)26-23(28)24(27-10-8-25-9-11-27)15-20-6-4-5-7-21(20)16-24;;/h4-7,12-14,19,25H,8-11,15-16H2,1-3H3,(H,26,28);2*1H/t19-;;/m1../s1. The molecule has 6 heteroatoms. The molecule has 0 unspecified atom stereocenters. The second-order valence-corrected chi connectivity index (χ2v) is 8.51. The van der Waals surface area contributed by atoms with Crippen molar-refractivity contribution >= 4 is 30.7 Å². The van der Waals surface area contributed by atoms with E-state index in [1.807, 2.05) is 0 Å². The number of amides is 1. The van der Waals surface area contributed by atoms with E-state index in [1.165, 1.54) is 27.8 Å². The maximum Gasteiger partial charge on any atom is 0.241 e. The molecule has 30 heavy (non-hydrogen) atoms. The number of fused-ring (bicyclic) bond motifs is 1. The van der Waals surface area contributed by atoms with Gasteiger partial charge < -0.3 is 10.6 Å². The van der Waals surface area contributed by atoms with Gasteiger partial charge in [-0.3, -0.25) is 9.69 Å². The van der Waals surface area contributed by atoms with Gasteiger partial charge in [-0.25, -0.2) is 0 Å². The van der Waals surface area contributed by atoms with Gasteiger partial charge in [0.2, 0.25) is 5.91 Å². The van der Waals surface area contributed by atoms with Crippen LogP contribution in [0.1, 0.15) is 40.8 Å². The zero-order valence-electron chi connectivity index (χ0n) is 18.0. The van der Waals surface area contributed by atoms with Crippen molar-refractivity contribution in [2.24, 2.45) is 0 Å². The van der Waals surface area contributed by atoms with Crippen LogP contribution < -0.4 is 10.6 Å². The minimum Gasteiger partial charge on any atom is -0.348 e. The molecular formula is C24H33Cl2N3O. The van der Waals surface area contributed by atoms with Crippen LogP contribution in [0.15, 0.2) is 42.5 Å². The third kappa shape index (κ3) is 4.83. The molecule has 1 aliphatic heterocycles. The number of piperazine rings is 1. The second-order valence-electron chi connectivity index (χ2n) is 8.51. The molecule has 0 saturated carbocycles. The van der Waals surface area contributed by atoms with Crippen LogP contribution in [0.25, 0.3) is 0 Å². The van der Waals surface area contributed by atoms with Crippen LogP contribution in [0.3, 0.4) is 0 Å². The number of rotatable bonds is 4. The number of hydrogen-bond acceptors (Lipinski definition) is 3. The van der Waals surface area contributed by atoms with Gasteiger partial charge in [-0.2, -0.15) is 0 Å². The lowest BCUT2D eigenvalue weighted by Gasteiger charge is -2.43. The van der Waals surface area contributed by atoms with E-state index in [-0.39, 0.29) is 36.8 Å². The molecule has 0 aromatic heterocycles. The monoisotopic (exact) mass is 449 g/mol. The van der Waals surface area contributed by atoms with Crippen molar-refractivity contribution in [1.82, 2.24) is 15.5 Å². The topological polar surface area (TPSA) is 44.4 Å². The van der Waals surface area contributed by atoms with Crippen LogP contribution in [0.5, 0.6) is 0 Å². The van der Waals surface area contributed by atoms with E-state index in [0.717, 1.165) is 39.0 Å². The van der Waals surface area contributed by atoms with E-state index in [1.54, 1.807) is 0 Å². The second kappa shape index (κ2) is 10.1. The Bertz CT molecular complexity index is 835. The Balaban J connectivity index is 0.00000160. The fraction of sp³-hybridized carbons (Fsp3) is 0.458. The van der Waals surface area contributed by atoms with E-state index < -0.39 is 5.54 Å². The number of benzene rings is 2. The zero-order chi connectivity index (χ0) is 19.7. The summed E-state index contributed by atoms with van der Waals surface area (Å²) in [5.41, 5.74) is 5.81. The van der Waals surface area contributed by atoms with Gasteiger partial charge in [0, 0.05) is 39.0 Å². The number of carbonyl (C=O) groups is 1. The predicted octanol–water partition coefficient (Wildman–Crippen LogP) is 3.77. The fourth-order valence-corrected chi connectivity index (χ4v) is 4.89. The third-order valence-corrected chi connectivity index (χ3v) is 6.32. The first-order valence-corrected chi connectivity index (χ1v) is 10.4. The van der Waals surface area contributed by atoms with Gasteiger partial charge in [0.1, 0.15) is 5.54 Å². The van der Waals surface area contributed by atoms with Crippen LogP contribution in [-0.4, -0.2) is 42.5 Å². The Labute approximate surface area is 192 Å². The molecule has 1 atom stereocenters. The molecule has 0 radical (unpaired) electrons. The number of nitrogens with zero attached hydrogens (tertiary/aromatic N) is 1. The highest BCUT2D eigenvalue weighted by Crippen LogP contribution is 2.36. The summed E-state index contributed by atoms with van der Waals surface area (Å²) in [6.45, 7) is 10.0. The van der Waals surface area contributed by atoms with Crippen molar-refractivity contribution in [3.8, 4) is 0 Å². The highest BCUT2D eigenvalue weighted by atomic mass is 35.5. The average Bonchev–Trinajstić information content (AvgIpc) is 3.09. The molecule has 2 N–H and O–H groups in total. The Morgan fingerprint density at radius 3 is 2.07 bits per heavy atom. The quantitative estimate of drug-likeness (QED) is 0.746. The Hall–Kier alpha value is -1.59. The maximum atomic E-state index is 13.7. The van der Waals surface area contributed by atoms with Crippen molar-refractivity contribution in [2.45, 2.75) is 45.2 Å². The van der Waals surface area contributed by atoms with Gasteiger partial charge >= 0.3 is 0 Å². The lowest BCUT2D eigenvalue weighted by atomic mass is 9.90. The predicted molar refractivity (Wildman–Crippen MR) is 128 cm³/mol. The van der Waals surface area contributed by atoms with Gasteiger partial charge in [-0.1, -0.05) is 53.6 Å². The number of hydrogen-bond donors (Lipinski definition) is 2. The lowest BCUT2D eigenvalue weighted by Crippen LogP contribution is -2.64. The molecule has 164 valence electrons. The highest BCUT2D eigenvalue weighted by molar-refractivity contribution is 5.88. The molecule has 1 fully saturated rings. The number of aryl methyl sites for hydroxylation is 2. The molecule has 1 heterocycles. The lowest BCUT2D eigenvalue weighted by molar-refractivity contribution is -0.134. The SMILES string of the molecule is Cc1cc(C)cc([C@@H](C)NC(=O)C2(N3CCNCC3)Cc3ccccc3C2)c1.Cl.Cl. The third-order valence-electron chi connectivity index (χ3n) is 6.32. The molecule has 1 saturated heterocycles. The van der Waals surface area contributed by atoms with Gasteiger partial charge in [0.15, 0.2) is 0 Å². The minimum absolute atomic E-state index is 0. The summed E-state index contributed by atoms with van der Waals surface area (Å²) >= 11 is 0. The van der Waals surface area contributed by atoms with E-state index in [0.29, 0.717) is 0 Å². The number of halogens is 2. The molecule has 4 nitrogen and oxygen atoms in total. The van der Waals surface area contributed by atoms with Crippen molar-refractivity contribution in [2.75, 3.05) is 26.2 Å². The normalized spacial score (nSPS) is 18.5. The zero-order valence-corrected chi connectivity index (χ0v) is 19.7. The molecule has 1 aliphatic carbocycles. The van der Waals surface area contributed by atoms with Crippen LogP contribution in [0, 0.1) is 13.8 Å². The highest BCUT2D eigenvalue weighted by Gasteiger charge is 2.48. The Kier molecular flexibility index (Phi) is 8.35. The van der Waals surface area contributed by atoms with Crippen molar-refractivity contribution < 1.29 is 4.79 Å². The van der Waals surface area contributed by atoms with Gasteiger partial charge in [0.25, 0.3) is 0 Å². The Morgan fingerprint density at radius 2 is 1.53 bits per heavy atom. The van der Waals surface area contributed by atoms with E-state index in [9.17, 15) is 4.79 Å². The molecule has 2 aromatic rings. The largest absolute Gasteiger partial charge is 0.348 e. The van der Waals surface area contributed by atoms with Gasteiger partial charge in [-0.05, 0) is 37.5 Å². The van der Waals surface area contributed by atoms with Gasteiger partial charge in [0.05, 0.1) is 6.04 Å². The summed E-state index contributed by atoms with van der Waals surface area (Å²) in [5.74, 6) is 0.164. The van der Waals surface area contributed by atoms with Crippen molar-refractivity contribution in [3.05, 3.63) is 70.3 Å². The van der Waals surface area contributed by atoms with Crippen LogP contribution >= 0.6 is 24.8 Å². The summed E-state index contributed by atoms with van der Waals surface area (Å²) in [6.07, 6.45) is 1.60. The first-order chi connectivity index (χ1) is 13.5. The van der Waals surface area contributed by atoms with Gasteiger partial charge in [-0.15, -0.1) is 24.8 Å². The summed E-state index contributed by atoms with van der Waals surface area (Å²) in [7, 11) is 0. The van der Waals surface area contributed by atoms with Crippen LogP contribution in [0.4, 0.5) is 0 Å². The molecule has 4 rings (SSSR count). The summed E-state index contributed by atoms with van der Waals surface area (Å²) < 4.78 is 0. The van der Waals surface area contributed by atoms with Crippen LogP contribution in [0.2, 0.25) is 0 Å². The fourth-order valence-electron chi connectivity index (χ4n) is 4.89. The first-order valence-electron chi connectivity index (χ1n) is 10.4. The summed E-state index contributed by atoms with van der Waals surface area (Å²) in [6, 6.07) is 15.1. The summed E-state index contributed by atoms with van der Waals surface area (Å²) in [4.78, 5) is 16.1. The summed E-state index contributed by atoms with van der Waals surface area (Å²) in [5, 5.41) is 6.79. The van der Waals surface area contributed by atoms with Crippen LogP contribution in [-0.2, 0) is 17.6 Å². The van der Waals surface area contributed by atoms with E-state index in [4.69, 9.17) is 0 Å². The smallest absolute Gasteiger partial charge is 0.241 e. The molecule has 0 bridgehead atoms. The molecule has 2 aliphatic rings. The Morgan fingerprint density at radius 1 is 1.00 bits per heavy atom.